The van der Waals surface area contributed by atoms with Crippen LogP contribution in [0.1, 0.15) is 31.7 Å². The maximum absolute atomic E-state index is 13.9. The van der Waals surface area contributed by atoms with Crippen molar-refractivity contribution in [1.82, 2.24) is 4.72 Å². The second kappa shape index (κ2) is 7.09. The van der Waals surface area contributed by atoms with Crippen LogP contribution in [-0.4, -0.2) is 30.6 Å². The molecular formula is C14H20FNO3S2. The maximum Gasteiger partial charge on any atom is 0.243 e. The van der Waals surface area contributed by atoms with E-state index in [-0.39, 0.29) is 22.8 Å². The molecule has 21 heavy (non-hydrogen) atoms. The minimum absolute atomic E-state index is 0.142. The molecule has 0 amide bonds. The van der Waals surface area contributed by atoms with Gasteiger partial charge in [-0.2, -0.15) is 11.8 Å². The minimum atomic E-state index is -3.87. The van der Waals surface area contributed by atoms with Gasteiger partial charge in [-0.1, -0.05) is 19.4 Å². The molecule has 2 N–H and O–H groups in total. The van der Waals surface area contributed by atoms with Crippen LogP contribution < -0.4 is 4.72 Å². The van der Waals surface area contributed by atoms with Gasteiger partial charge in [-0.3, -0.25) is 0 Å². The van der Waals surface area contributed by atoms with Crippen molar-refractivity contribution in [2.45, 2.75) is 49.0 Å². The van der Waals surface area contributed by atoms with E-state index in [0.29, 0.717) is 5.56 Å². The Hall–Kier alpha value is -0.630. The zero-order valence-corrected chi connectivity index (χ0v) is 13.5. The highest BCUT2D eigenvalue weighted by atomic mass is 32.2. The van der Waals surface area contributed by atoms with Gasteiger partial charge in [0, 0.05) is 11.3 Å². The van der Waals surface area contributed by atoms with Crippen LogP contribution in [0.5, 0.6) is 0 Å². The Morgan fingerprint density at radius 1 is 1.43 bits per heavy atom. The first-order valence-electron chi connectivity index (χ1n) is 7.01. The van der Waals surface area contributed by atoms with Gasteiger partial charge in [0.25, 0.3) is 0 Å². The van der Waals surface area contributed by atoms with Gasteiger partial charge in [0.15, 0.2) is 0 Å². The van der Waals surface area contributed by atoms with Gasteiger partial charge in [-0.25, -0.2) is 17.5 Å². The second-order valence-corrected chi connectivity index (χ2v) is 8.27. The number of hydrogen-bond acceptors (Lipinski definition) is 4. The third-order valence-electron chi connectivity index (χ3n) is 3.61. The average molecular weight is 333 g/mol. The van der Waals surface area contributed by atoms with Crippen molar-refractivity contribution < 1.29 is 17.9 Å². The monoisotopic (exact) mass is 333 g/mol. The van der Waals surface area contributed by atoms with Gasteiger partial charge in [-0.15, -0.1) is 0 Å². The zero-order chi connectivity index (χ0) is 15.5. The van der Waals surface area contributed by atoms with Crippen molar-refractivity contribution in [3.8, 4) is 0 Å². The summed E-state index contributed by atoms with van der Waals surface area (Å²) in [5.41, 5.74) is 0.353. The number of rotatable bonds is 6. The highest BCUT2D eigenvalue weighted by Gasteiger charge is 2.32. The van der Waals surface area contributed by atoms with Gasteiger partial charge in [0.05, 0.1) is 6.61 Å². The van der Waals surface area contributed by atoms with Crippen LogP contribution in [-0.2, 0) is 16.6 Å². The molecule has 1 aromatic rings. The molecule has 2 rings (SSSR count). The van der Waals surface area contributed by atoms with Gasteiger partial charge in [-0.05, 0) is 36.3 Å². The quantitative estimate of drug-likeness (QED) is 0.838. The Balaban J connectivity index is 2.18. The molecule has 0 spiro atoms. The van der Waals surface area contributed by atoms with Gasteiger partial charge >= 0.3 is 0 Å². The lowest BCUT2D eigenvalue weighted by molar-refractivity contribution is 0.281. The fraction of sp³-hybridized carbons (Fsp3) is 0.571. The molecule has 0 bridgehead atoms. The number of sulfonamides is 1. The molecule has 1 aliphatic carbocycles. The minimum Gasteiger partial charge on any atom is -0.392 e. The normalized spacial score (nSPS) is 22.6. The number of halogens is 1. The number of aliphatic hydroxyl groups excluding tert-OH is 1. The number of aliphatic hydroxyl groups is 1. The van der Waals surface area contributed by atoms with E-state index in [1.165, 1.54) is 12.1 Å². The van der Waals surface area contributed by atoms with Gasteiger partial charge in [0.2, 0.25) is 10.0 Å². The topological polar surface area (TPSA) is 66.4 Å². The lowest BCUT2D eigenvalue weighted by atomic mass is 10.2. The predicted octanol–water partition coefficient (Wildman–Crippen LogP) is 2.27. The van der Waals surface area contributed by atoms with Crippen LogP contribution in [0.2, 0.25) is 0 Å². The molecule has 1 aromatic carbocycles. The molecular weight excluding hydrogens is 313 g/mol. The highest BCUT2D eigenvalue weighted by Crippen LogP contribution is 2.31. The van der Waals surface area contributed by atoms with E-state index in [1.54, 1.807) is 11.8 Å². The summed E-state index contributed by atoms with van der Waals surface area (Å²) >= 11 is 1.74. The SMILES string of the molecule is CCSC1CCCC1NS(=O)(=O)c1ccc(CO)cc1F. The smallest absolute Gasteiger partial charge is 0.243 e. The van der Waals surface area contributed by atoms with Gasteiger partial charge in [0.1, 0.15) is 10.7 Å². The molecule has 7 heteroatoms. The maximum atomic E-state index is 13.9. The van der Waals surface area contributed by atoms with Crippen LogP contribution in [0.4, 0.5) is 4.39 Å². The van der Waals surface area contributed by atoms with Crippen molar-refractivity contribution in [2.75, 3.05) is 5.75 Å². The van der Waals surface area contributed by atoms with E-state index in [0.717, 1.165) is 31.1 Å². The molecule has 0 heterocycles. The standard InChI is InChI=1S/C14H20FNO3S2/c1-2-20-13-5-3-4-12(13)16-21(18,19)14-7-6-10(9-17)8-11(14)15/h6-8,12-13,16-17H,2-5,9H2,1H3. The van der Waals surface area contributed by atoms with Crippen LogP contribution in [0.3, 0.4) is 0 Å². The molecule has 2 unspecified atom stereocenters. The van der Waals surface area contributed by atoms with Crippen molar-refractivity contribution in [2.24, 2.45) is 0 Å². The molecule has 0 saturated heterocycles. The Morgan fingerprint density at radius 3 is 2.81 bits per heavy atom. The number of thioether (sulfide) groups is 1. The number of benzene rings is 1. The van der Waals surface area contributed by atoms with Crippen LogP contribution in [0, 0.1) is 5.82 Å². The molecule has 1 saturated carbocycles. The van der Waals surface area contributed by atoms with Crippen LogP contribution in [0.25, 0.3) is 0 Å². The molecule has 4 nitrogen and oxygen atoms in total. The first kappa shape index (κ1) is 16.7. The van der Waals surface area contributed by atoms with E-state index in [1.807, 2.05) is 6.92 Å². The summed E-state index contributed by atoms with van der Waals surface area (Å²) in [5, 5.41) is 9.20. The Morgan fingerprint density at radius 2 is 2.19 bits per heavy atom. The largest absolute Gasteiger partial charge is 0.392 e. The summed E-state index contributed by atoms with van der Waals surface area (Å²) in [6.45, 7) is 1.73. The van der Waals surface area contributed by atoms with E-state index >= 15 is 0 Å². The zero-order valence-electron chi connectivity index (χ0n) is 11.9. The first-order valence-corrected chi connectivity index (χ1v) is 9.54. The predicted molar refractivity (Wildman–Crippen MR) is 82.2 cm³/mol. The third kappa shape index (κ3) is 3.97. The summed E-state index contributed by atoms with van der Waals surface area (Å²) in [7, 11) is -3.87. The molecule has 118 valence electrons. The fourth-order valence-electron chi connectivity index (χ4n) is 2.60. The summed E-state index contributed by atoms with van der Waals surface area (Å²) in [5.74, 6) is 0.106. The van der Waals surface area contributed by atoms with E-state index < -0.39 is 15.8 Å². The van der Waals surface area contributed by atoms with E-state index in [2.05, 4.69) is 4.72 Å². The summed E-state index contributed by atoms with van der Waals surface area (Å²) in [6.07, 6.45) is 2.75. The number of hydrogen-bond donors (Lipinski definition) is 2. The first-order chi connectivity index (χ1) is 9.97. The van der Waals surface area contributed by atoms with Crippen molar-refractivity contribution in [3.63, 3.8) is 0 Å². The van der Waals surface area contributed by atoms with Crippen molar-refractivity contribution in [1.29, 1.82) is 0 Å². The molecule has 1 fully saturated rings. The van der Waals surface area contributed by atoms with Crippen LogP contribution >= 0.6 is 11.8 Å². The van der Waals surface area contributed by atoms with Crippen LogP contribution in [0.15, 0.2) is 23.1 Å². The van der Waals surface area contributed by atoms with Gasteiger partial charge < -0.3 is 5.11 Å². The average Bonchev–Trinajstić information content (AvgIpc) is 2.85. The molecule has 0 radical (unpaired) electrons. The molecule has 2 atom stereocenters. The lowest BCUT2D eigenvalue weighted by Crippen LogP contribution is -2.39. The summed E-state index contributed by atoms with van der Waals surface area (Å²) < 4.78 is 41.2. The van der Waals surface area contributed by atoms with E-state index in [4.69, 9.17) is 5.11 Å². The Kier molecular flexibility index (Phi) is 5.65. The highest BCUT2D eigenvalue weighted by molar-refractivity contribution is 8.00. The second-order valence-electron chi connectivity index (χ2n) is 5.08. The fourth-order valence-corrected chi connectivity index (χ4v) is 5.25. The van der Waals surface area contributed by atoms with Crippen molar-refractivity contribution in [3.05, 3.63) is 29.6 Å². The lowest BCUT2D eigenvalue weighted by Gasteiger charge is -2.20. The third-order valence-corrected chi connectivity index (χ3v) is 6.46. The molecule has 0 aliphatic heterocycles. The Labute approximate surface area is 129 Å². The summed E-state index contributed by atoms with van der Waals surface area (Å²) in [4.78, 5) is -0.355. The van der Waals surface area contributed by atoms with E-state index in [9.17, 15) is 12.8 Å². The van der Waals surface area contributed by atoms with Crippen molar-refractivity contribution >= 4 is 21.8 Å². The summed E-state index contributed by atoms with van der Waals surface area (Å²) in [6, 6.07) is 3.54. The number of nitrogens with one attached hydrogen (secondary N) is 1. The Bertz CT molecular complexity index is 592. The molecule has 1 aliphatic rings. The molecule has 0 aromatic heterocycles.